The van der Waals surface area contributed by atoms with E-state index in [1.165, 1.54) is 0 Å². The van der Waals surface area contributed by atoms with E-state index in [1.54, 1.807) is 0 Å². The smallest absolute Gasteiger partial charge is 0.372 e. The normalized spacial score (nSPS) is 24.9. The van der Waals surface area contributed by atoms with Crippen LogP contribution in [0.1, 0.15) is 0 Å². The molecule has 0 aromatic heterocycles. The van der Waals surface area contributed by atoms with Crippen molar-refractivity contribution in [1.82, 2.24) is 5.32 Å². The van der Waals surface area contributed by atoms with Crippen LogP contribution in [0.3, 0.4) is 0 Å². The summed E-state index contributed by atoms with van der Waals surface area (Å²) >= 11 is 5.11. The maximum Gasteiger partial charge on any atom is 0.416 e. The van der Waals surface area contributed by atoms with Crippen molar-refractivity contribution >= 4 is 17.4 Å². The second-order valence-electron chi connectivity index (χ2n) is 2.00. The predicted molar refractivity (Wildman–Crippen MR) is 31.9 cm³/mol. The Morgan fingerprint density at radius 1 is 1.55 bits per heavy atom. The molecular formula is C5H3ClF3NO. The molecule has 2 nitrogen and oxygen atoms in total. The van der Waals surface area contributed by atoms with Crippen molar-refractivity contribution in [2.45, 2.75) is 12.2 Å². The van der Waals surface area contributed by atoms with Gasteiger partial charge in [-0.15, -0.1) is 0 Å². The van der Waals surface area contributed by atoms with Crippen molar-refractivity contribution in [3.8, 4) is 0 Å². The van der Waals surface area contributed by atoms with Gasteiger partial charge in [0.1, 0.15) is 5.03 Å². The zero-order valence-electron chi connectivity index (χ0n) is 5.07. The molecular weight excluding hydrogens is 183 g/mol. The average molecular weight is 186 g/mol. The van der Waals surface area contributed by atoms with Gasteiger partial charge in [-0.05, 0) is 0 Å². The van der Waals surface area contributed by atoms with E-state index < -0.39 is 23.0 Å². The molecule has 1 aliphatic rings. The van der Waals surface area contributed by atoms with Gasteiger partial charge in [0.2, 0.25) is 5.78 Å². The third kappa shape index (κ3) is 1.48. The van der Waals surface area contributed by atoms with Crippen molar-refractivity contribution in [2.24, 2.45) is 0 Å². The molecule has 0 saturated carbocycles. The largest absolute Gasteiger partial charge is 0.416 e. The van der Waals surface area contributed by atoms with E-state index in [1.807, 2.05) is 5.32 Å². The van der Waals surface area contributed by atoms with Crippen LogP contribution in [0.5, 0.6) is 0 Å². The van der Waals surface area contributed by atoms with E-state index in [0.717, 1.165) is 6.20 Å². The summed E-state index contributed by atoms with van der Waals surface area (Å²) in [6, 6.07) is -2.16. The van der Waals surface area contributed by atoms with Gasteiger partial charge < -0.3 is 5.32 Å². The number of carbonyl (C=O) groups is 1. The molecule has 1 aliphatic heterocycles. The Labute approximate surface area is 65.0 Å². The summed E-state index contributed by atoms with van der Waals surface area (Å²) < 4.78 is 35.4. The highest BCUT2D eigenvalue weighted by Gasteiger charge is 2.47. The minimum atomic E-state index is -4.57. The number of ketones is 1. The number of hydrogen-bond acceptors (Lipinski definition) is 2. The number of rotatable bonds is 0. The molecule has 0 aliphatic carbocycles. The molecule has 0 bridgehead atoms. The molecule has 11 heavy (non-hydrogen) atoms. The van der Waals surface area contributed by atoms with Crippen molar-refractivity contribution in [3.63, 3.8) is 0 Å². The van der Waals surface area contributed by atoms with Crippen LogP contribution in [0, 0.1) is 0 Å². The van der Waals surface area contributed by atoms with Crippen LogP contribution in [0.4, 0.5) is 13.2 Å². The lowest BCUT2D eigenvalue weighted by Gasteiger charge is -2.12. The second kappa shape index (κ2) is 2.41. The predicted octanol–water partition coefficient (Wildman–Crippen LogP) is 1.17. The lowest BCUT2D eigenvalue weighted by atomic mass is 10.2. The lowest BCUT2D eigenvalue weighted by molar-refractivity contribution is -0.160. The quantitative estimate of drug-likeness (QED) is 0.614. The first-order valence-electron chi connectivity index (χ1n) is 2.65. The zero-order valence-corrected chi connectivity index (χ0v) is 5.83. The van der Waals surface area contributed by atoms with E-state index in [2.05, 4.69) is 0 Å². The van der Waals surface area contributed by atoms with Crippen molar-refractivity contribution < 1.29 is 18.0 Å². The van der Waals surface area contributed by atoms with Gasteiger partial charge in [0, 0.05) is 6.20 Å². The van der Waals surface area contributed by atoms with Crippen LogP contribution in [-0.2, 0) is 4.79 Å². The summed E-state index contributed by atoms with van der Waals surface area (Å²) in [6.07, 6.45) is -3.72. The summed E-state index contributed by atoms with van der Waals surface area (Å²) in [5, 5.41) is 1.42. The van der Waals surface area contributed by atoms with Gasteiger partial charge in [0.05, 0.1) is 0 Å². The van der Waals surface area contributed by atoms with Crippen molar-refractivity contribution in [2.75, 3.05) is 0 Å². The van der Waals surface area contributed by atoms with Gasteiger partial charge in [0.15, 0.2) is 6.04 Å². The molecule has 0 saturated heterocycles. The van der Waals surface area contributed by atoms with Gasteiger partial charge in [-0.1, -0.05) is 11.6 Å². The summed E-state index contributed by atoms with van der Waals surface area (Å²) in [4.78, 5) is 10.6. The van der Waals surface area contributed by atoms with Crippen molar-refractivity contribution in [1.29, 1.82) is 0 Å². The Balaban J connectivity index is 2.76. The molecule has 1 unspecified atom stereocenters. The standard InChI is InChI=1S/C5H3ClF3NO/c6-2-1-10-4(3(2)11)5(7,8)9/h1,4,10H. The Morgan fingerprint density at radius 3 is 2.27 bits per heavy atom. The number of nitrogens with one attached hydrogen (secondary N) is 1. The third-order valence-electron chi connectivity index (χ3n) is 1.20. The van der Waals surface area contributed by atoms with Crippen LogP contribution in [0.25, 0.3) is 0 Å². The molecule has 0 aromatic rings. The SMILES string of the molecule is O=C1C(Cl)=CNC1C(F)(F)F. The molecule has 0 radical (unpaired) electrons. The summed E-state index contributed by atoms with van der Waals surface area (Å²) in [5.41, 5.74) is 0. The Morgan fingerprint density at radius 2 is 2.09 bits per heavy atom. The van der Waals surface area contributed by atoms with E-state index in [9.17, 15) is 18.0 Å². The van der Waals surface area contributed by atoms with Crippen LogP contribution in [-0.4, -0.2) is 18.0 Å². The minimum Gasteiger partial charge on any atom is -0.372 e. The number of Topliss-reactive ketones (excluding diaryl/α,β-unsaturated/α-hetero) is 1. The van der Waals surface area contributed by atoms with E-state index in [0.29, 0.717) is 0 Å². The highest BCUT2D eigenvalue weighted by Crippen LogP contribution is 2.26. The third-order valence-corrected chi connectivity index (χ3v) is 1.50. The molecule has 0 amide bonds. The fraction of sp³-hybridized carbons (Fsp3) is 0.400. The summed E-state index contributed by atoms with van der Waals surface area (Å²) in [7, 11) is 0. The van der Waals surface area contributed by atoms with E-state index >= 15 is 0 Å². The number of halogens is 4. The summed E-state index contributed by atoms with van der Waals surface area (Å²) in [5.74, 6) is -1.13. The first-order chi connectivity index (χ1) is 4.93. The zero-order chi connectivity index (χ0) is 8.65. The van der Waals surface area contributed by atoms with Gasteiger partial charge in [-0.25, -0.2) is 0 Å². The summed E-state index contributed by atoms with van der Waals surface area (Å²) in [6.45, 7) is 0. The van der Waals surface area contributed by atoms with Crippen LogP contribution < -0.4 is 5.32 Å². The molecule has 6 heteroatoms. The van der Waals surface area contributed by atoms with E-state index in [4.69, 9.17) is 11.6 Å². The highest BCUT2D eigenvalue weighted by atomic mass is 35.5. The fourth-order valence-corrected chi connectivity index (χ4v) is 0.856. The lowest BCUT2D eigenvalue weighted by Crippen LogP contribution is -2.42. The molecule has 1 heterocycles. The Kier molecular flexibility index (Phi) is 1.83. The topological polar surface area (TPSA) is 29.1 Å². The van der Waals surface area contributed by atoms with Crippen LogP contribution in [0.2, 0.25) is 0 Å². The van der Waals surface area contributed by atoms with Gasteiger partial charge in [-0.3, -0.25) is 4.79 Å². The van der Waals surface area contributed by atoms with Gasteiger partial charge >= 0.3 is 6.18 Å². The van der Waals surface area contributed by atoms with Gasteiger partial charge in [0.25, 0.3) is 0 Å². The minimum absolute atomic E-state index is 0.410. The fourth-order valence-electron chi connectivity index (χ4n) is 0.684. The highest BCUT2D eigenvalue weighted by molar-refractivity contribution is 6.44. The van der Waals surface area contributed by atoms with E-state index in [-0.39, 0.29) is 0 Å². The molecule has 0 aromatic carbocycles. The number of hydrogen-bond donors (Lipinski definition) is 1. The molecule has 62 valence electrons. The first kappa shape index (κ1) is 8.39. The molecule has 1 atom stereocenters. The second-order valence-corrected chi connectivity index (χ2v) is 2.41. The maximum absolute atomic E-state index is 11.8. The maximum atomic E-state index is 11.8. The Bertz CT molecular complexity index is 222. The van der Waals surface area contributed by atoms with Crippen LogP contribution >= 0.6 is 11.6 Å². The number of alkyl halides is 3. The monoisotopic (exact) mass is 185 g/mol. The van der Waals surface area contributed by atoms with Crippen molar-refractivity contribution in [3.05, 3.63) is 11.2 Å². The average Bonchev–Trinajstić information content (AvgIpc) is 2.11. The number of carbonyl (C=O) groups excluding carboxylic acids is 1. The Hall–Kier alpha value is -0.710. The van der Waals surface area contributed by atoms with Gasteiger partial charge in [-0.2, -0.15) is 13.2 Å². The first-order valence-corrected chi connectivity index (χ1v) is 3.03. The molecule has 0 spiro atoms. The molecule has 0 fully saturated rings. The molecule has 1 N–H and O–H groups in total. The van der Waals surface area contributed by atoms with Crippen LogP contribution in [0.15, 0.2) is 11.2 Å². The molecule has 1 rings (SSSR count).